The lowest BCUT2D eigenvalue weighted by Crippen LogP contribution is -1.87. The molecule has 0 bridgehead atoms. The molecule has 21 heavy (non-hydrogen) atoms. The fourth-order valence-electron chi connectivity index (χ4n) is 3.42. The summed E-state index contributed by atoms with van der Waals surface area (Å²) in [4.78, 5) is 0. The number of hydrogen-bond acceptors (Lipinski definition) is 1. The molecule has 0 saturated heterocycles. The van der Waals surface area contributed by atoms with Gasteiger partial charge in [-0.2, -0.15) is 0 Å². The van der Waals surface area contributed by atoms with Crippen LogP contribution in [0.3, 0.4) is 0 Å². The summed E-state index contributed by atoms with van der Waals surface area (Å²) in [5.41, 5.74) is 2.48. The highest BCUT2D eigenvalue weighted by Gasteiger charge is 2.11. The van der Waals surface area contributed by atoms with Gasteiger partial charge in [-0.3, -0.25) is 0 Å². The highest BCUT2D eigenvalue weighted by atomic mass is 16.3. The first-order valence-electron chi connectivity index (χ1n) is 7.20. The van der Waals surface area contributed by atoms with E-state index in [1.807, 2.05) is 6.07 Å². The lowest BCUT2D eigenvalue weighted by Gasteiger charge is -2.13. The van der Waals surface area contributed by atoms with Crippen molar-refractivity contribution in [2.75, 3.05) is 0 Å². The Bertz CT molecular complexity index is 1010. The molecule has 102 valence electrons. The molecule has 0 spiro atoms. The molecule has 0 atom stereocenters. The molecule has 1 heteroatoms. The molecular weight excluding hydrogens is 256 g/mol. The zero-order valence-corrected chi connectivity index (χ0v) is 12.1. The quantitative estimate of drug-likeness (QED) is 0.421. The van der Waals surface area contributed by atoms with Crippen molar-refractivity contribution in [3.63, 3.8) is 0 Å². The van der Waals surface area contributed by atoms with E-state index in [1.165, 1.54) is 32.7 Å². The molecule has 0 aliphatic carbocycles. The van der Waals surface area contributed by atoms with Crippen LogP contribution in [0.25, 0.3) is 32.3 Å². The molecule has 4 aromatic rings. The Morgan fingerprint density at radius 1 is 0.619 bits per heavy atom. The van der Waals surface area contributed by atoms with Crippen LogP contribution in [-0.2, 0) is 0 Å². The number of rotatable bonds is 0. The first-order chi connectivity index (χ1) is 10.2. The van der Waals surface area contributed by atoms with Gasteiger partial charge in [0.1, 0.15) is 5.75 Å². The van der Waals surface area contributed by atoms with Crippen LogP contribution in [0.5, 0.6) is 5.75 Å². The molecule has 1 nitrogen and oxygen atoms in total. The molecule has 0 aliphatic rings. The van der Waals surface area contributed by atoms with Gasteiger partial charge in [-0.05, 0) is 64.0 Å². The summed E-state index contributed by atoms with van der Waals surface area (Å²) in [6.07, 6.45) is 0. The van der Waals surface area contributed by atoms with Crippen molar-refractivity contribution in [1.29, 1.82) is 0 Å². The molecule has 4 aromatic carbocycles. The Hall–Kier alpha value is -2.54. The fourth-order valence-corrected chi connectivity index (χ4v) is 3.42. The summed E-state index contributed by atoms with van der Waals surface area (Å²) in [5.74, 6) is 0.350. The molecular formula is C20H16O. The predicted molar refractivity (Wildman–Crippen MR) is 90.1 cm³/mol. The Morgan fingerprint density at radius 2 is 1.29 bits per heavy atom. The maximum Gasteiger partial charge on any atom is 0.123 e. The SMILES string of the molecule is Cc1cc2c3cccc(O)c3cc(C)c2c2ccccc12. The second-order valence-corrected chi connectivity index (χ2v) is 5.73. The molecule has 4 rings (SSSR count). The van der Waals surface area contributed by atoms with Crippen LogP contribution in [0.2, 0.25) is 0 Å². The van der Waals surface area contributed by atoms with Gasteiger partial charge in [-0.15, -0.1) is 0 Å². The number of aromatic hydroxyl groups is 1. The zero-order chi connectivity index (χ0) is 14.6. The monoisotopic (exact) mass is 272 g/mol. The third-order valence-electron chi connectivity index (χ3n) is 4.38. The van der Waals surface area contributed by atoms with Crippen LogP contribution in [0.4, 0.5) is 0 Å². The van der Waals surface area contributed by atoms with Crippen molar-refractivity contribution in [1.82, 2.24) is 0 Å². The van der Waals surface area contributed by atoms with Crippen molar-refractivity contribution in [2.45, 2.75) is 13.8 Å². The molecule has 0 radical (unpaired) electrons. The average molecular weight is 272 g/mol. The highest BCUT2D eigenvalue weighted by molar-refractivity contribution is 6.20. The highest BCUT2D eigenvalue weighted by Crippen LogP contribution is 2.38. The molecule has 0 fully saturated rings. The van der Waals surface area contributed by atoms with Crippen LogP contribution in [0.15, 0.2) is 54.6 Å². The van der Waals surface area contributed by atoms with Gasteiger partial charge >= 0.3 is 0 Å². The Labute approximate surface area is 123 Å². The second kappa shape index (κ2) is 4.23. The first kappa shape index (κ1) is 12.2. The summed E-state index contributed by atoms with van der Waals surface area (Å²) in [6.45, 7) is 4.27. The van der Waals surface area contributed by atoms with Gasteiger partial charge in [0.05, 0.1) is 0 Å². The van der Waals surface area contributed by atoms with Crippen LogP contribution in [0, 0.1) is 13.8 Å². The standard InChI is InChI=1S/C20H16O/c1-12-10-18-15-8-5-9-19(21)17(15)11-13(2)20(18)16-7-4-3-6-14(12)16/h3-11,21H,1-2H3. The predicted octanol–water partition coefficient (Wildman–Crippen LogP) is 5.47. The van der Waals surface area contributed by atoms with Crippen LogP contribution >= 0.6 is 0 Å². The topological polar surface area (TPSA) is 20.2 Å². The van der Waals surface area contributed by atoms with Crippen molar-refractivity contribution in [3.8, 4) is 5.75 Å². The van der Waals surface area contributed by atoms with E-state index < -0.39 is 0 Å². The Morgan fingerprint density at radius 3 is 2.10 bits per heavy atom. The summed E-state index contributed by atoms with van der Waals surface area (Å²) in [6, 6.07) is 18.6. The van der Waals surface area contributed by atoms with E-state index in [2.05, 4.69) is 56.3 Å². The Kier molecular flexibility index (Phi) is 2.46. The van der Waals surface area contributed by atoms with E-state index >= 15 is 0 Å². The van der Waals surface area contributed by atoms with Gasteiger partial charge in [0.2, 0.25) is 0 Å². The summed E-state index contributed by atoms with van der Waals surface area (Å²) < 4.78 is 0. The number of aryl methyl sites for hydroxylation is 2. The fraction of sp³-hybridized carbons (Fsp3) is 0.100. The van der Waals surface area contributed by atoms with Crippen LogP contribution < -0.4 is 0 Å². The molecule has 0 amide bonds. The van der Waals surface area contributed by atoms with E-state index in [0.29, 0.717) is 5.75 Å². The van der Waals surface area contributed by atoms with Gasteiger partial charge in [0.25, 0.3) is 0 Å². The third-order valence-corrected chi connectivity index (χ3v) is 4.38. The van der Waals surface area contributed by atoms with Crippen molar-refractivity contribution < 1.29 is 5.11 Å². The zero-order valence-electron chi connectivity index (χ0n) is 12.1. The number of benzene rings is 4. The largest absolute Gasteiger partial charge is 0.507 e. The van der Waals surface area contributed by atoms with Crippen LogP contribution in [-0.4, -0.2) is 5.11 Å². The van der Waals surface area contributed by atoms with Crippen molar-refractivity contribution in [2.24, 2.45) is 0 Å². The van der Waals surface area contributed by atoms with E-state index in [0.717, 1.165) is 10.8 Å². The molecule has 0 aromatic heterocycles. The number of phenolic OH excluding ortho intramolecular Hbond substituents is 1. The smallest absolute Gasteiger partial charge is 0.123 e. The third kappa shape index (κ3) is 1.64. The number of phenols is 1. The maximum absolute atomic E-state index is 10.1. The first-order valence-corrected chi connectivity index (χ1v) is 7.20. The van der Waals surface area contributed by atoms with E-state index in [9.17, 15) is 5.11 Å². The van der Waals surface area contributed by atoms with Crippen molar-refractivity contribution in [3.05, 3.63) is 65.7 Å². The van der Waals surface area contributed by atoms with E-state index in [-0.39, 0.29) is 0 Å². The molecule has 1 N–H and O–H groups in total. The lowest BCUT2D eigenvalue weighted by atomic mass is 9.91. The van der Waals surface area contributed by atoms with Gasteiger partial charge in [0.15, 0.2) is 0 Å². The molecule has 0 heterocycles. The molecule has 0 aliphatic heterocycles. The average Bonchev–Trinajstić information content (AvgIpc) is 2.49. The van der Waals surface area contributed by atoms with E-state index in [1.54, 1.807) is 6.07 Å². The molecule has 0 saturated carbocycles. The Balaban J connectivity index is 2.38. The minimum Gasteiger partial charge on any atom is -0.507 e. The van der Waals surface area contributed by atoms with Gasteiger partial charge in [0, 0.05) is 5.39 Å². The van der Waals surface area contributed by atoms with Gasteiger partial charge < -0.3 is 5.11 Å². The summed E-state index contributed by atoms with van der Waals surface area (Å²) in [5, 5.41) is 17.3. The van der Waals surface area contributed by atoms with Gasteiger partial charge in [-0.1, -0.05) is 42.5 Å². The molecule has 0 unspecified atom stereocenters. The second-order valence-electron chi connectivity index (χ2n) is 5.73. The minimum atomic E-state index is 0.350. The van der Waals surface area contributed by atoms with Crippen LogP contribution in [0.1, 0.15) is 11.1 Å². The maximum atomic E-state index is 10.1. The lowest BCUT2D eigenvalue weighted by molar-refractivity contribution is 0.481. The number of fused-ring (bicyclic) bond motifs is 5. The van der Waals surface area contributed by atoms with Crippen molar-refractivity contribution >= 4 is 32.3 Å². The number of hydrogen-bond donors (Lipinski definition) is 1. The van der Waals surface area contributed by atoms with E-state index in [4.69, 9.17) is 0 Å². The minimum absolute atomic E-state index is 0.350. The summed E-state index contributed by atoms with van der Waals surface area (Å²) in [7, 11) is 0. The summed E-state index contributed by atoms with van der Waals surface area (Å²) >= 11 is 0. The normalized spacial score (nSPS) is 11.5. The van der Waals surface area contributed by atoms with Gasteiger partial charge in [-0.25, -0.2) is 0 Å².